The van der Waals surface area contributed by atoms with E-state index in [-0.39, 0.29) is 0 Å². The van der Waals surface area contributed by atoms with Gasteiger partial charge in [0, 0.05) is 43.1 Å². The third kappa shape index (κ3) is 2.40. The van der Waals surface area contributed by atoms with Crippen LogP contribution < -0.4 is 10.6 Å². The van der Waals surface area contributed by atoms with Gasteiger partial charge >= 0.3 is 0 Å². The predicted octanol–water partition coefficient (Wildman–Crippen LogP) is 0.565. The number of thioether (sulfide) groups is 1. The summed E-state index contributed by atoms with van der Waals surface area (Å²) in [6.07, 6.45) is 1.40. The normalized spacial score (nSPS) is 39.0. The smallest absolute Gasteiger partial charge is 0.0506 e. The Bertz CT molecular complexity index is 206. The van der Waals surface area contributed by atoms with E-state index in [2.05, 4.69) is 22.4 Å². The van der Waals surface area contributed by atoms with E-state index in [1.165, 1.54) is 44.1 Å². The Kier molecular flexibility index (Phi) is 3.43. The van der Waals surface area contributed by atoms with Crippen LogP contribution >= 0.6 is 11.8 Å². The Morgan fingerprint density at radius 2 is 1.69 bits per heavy atom. The van der Waals surface area contributed by atoms with Crippen LogP contribution in [0.3, 0.4) is 0 Å². The third-order valence-electron chi connectivity index (χ3n) is 4.06. The molecule has 2 unspecified atom stereocenters. The fourth-order valence-corrected chi connectivity index (χ4v) is 4.05. The van der Waals surface area contributed by atoms with Gasteiger partial charge in [-0.05, 0) is 18.3 Å². The molecule has 4 aliphatic heterocycles. The van der Waals surface area contributed by atoms with Gasteiger partial charge in [-0.25, -0.2) is 0 Å². The molecule has 4 saturated heterocycles. The molecule has 92 valence electrons. The van der Waals surface area contributed by atoms with Gasteiger partial charge in [0.1, 0.15) is 0 Å². The van der Waals surface area contributed by atoms with Crippen LogP contribution in [0.15, 0.2) is 0 Å². The highest BCUT2D eigenvalue weighted by Crippen LogP contribution is 2.40. The highest BCUT2D eigenvalue weighted by Gasteiger charge is 2.42. The summed E-state index contributed by atoms with van der Waals surface area (Å²) in [6, 6.07) is 0. The van der Waals surface area contributed by atoms with E-state index in [9.17, 15) is 0 Å². The molecule has 0 saturated carbocycles. The molecule has 4 heteroatoms. The summed E-state index contributed by atoms with van der Waals surface area (Å²) < 4.78 is 5.40. The minimum Gasteiger partial charge on any atom is -0.381 e. The molecule has 0 aromatic rings. The first kappa shape index (κ1) is 11.3. The molecule has 1 spiro atoms. The van der Waals surface area contributed by atoms with Crippen LogP contribution in [0.2, 0.25) is 0 Å². The number of rotatable bonds is 0. The number of nitrogens with one attached hydrogen (secondary N) is 2. The fraction of sp³-hybridized carbons (Fsp3) is 1.00. The quantitative estimate of drug-likeness (QED) is 0.650. The molecular formula is C12H22N2OS. The van der Waals surface area contributed by atoms with Gasteiger partial charge in [0.25, 0.3) is 0 Å². The first-order chi connectivity index (χ1) is 7.86. The summed E-state index contributed by atoms with van der Waals surface area (Å²) in [7, 11) is 0. The SMILES string of the molecule is C1NCC12CSC2.C1NCC2COCC1C2. The first-order valence-corrected chi connectivity index (χ1v) is 7.59. The van der Waals surface area contributed by atoms with Gasteiger partial charge in [-0.15, -0.1) is 0 Å². The molecule has 0 aliphatic carbocycles. The van der Waals surface area contributed by atoms with Crippen LogP contribution in [0, 0.1) is 17.3 Å². The molecular weight excluding hydrogens is 220 g/mol. The van der Waals surface area contributed by atoms with E-state index < -0.39 is 0 Å². The maximum atomic E-state index is 5.40. The zero-order valence-corrected chi connectivity index (χ0v) is 10.7. The number of ether oxygens (including phenoxy) is 1. The van der Waals surface area contributed by atoms with Crippen molar-refractivity contribution >= 4 is 11.8 Å². The van der Waals surface area contributed by atoms with E-state index in [1.807, 2.05) is 0 Å². The molecule has 4 heterocycles. The maximum Gasteiger partial charge on any atom is 0.0506 e. The van der Waals surface area contributed by atoms with Gasteiger partial charge < -0.3 is 15.4 Å². The van der Waals surface area contributed by atoms with Crippen LogP contribution in [0.25, 0.3) is 0 Å². The molecule has 16 heavy (non-hydrogen) atoms. The third-order valence-corrected chi connectivity index (χ3v) is 5.69. The first-order valence-electron chi connectivity index (χ1n) is 6.43. The van der Waals surface area contributed by atoms with Crippen LogP contribution in [-0.2, 0) is 4.74 Å². The van der Waals surface area contributed by atoms with Gasteiger partial charge in [0.05, 0.1) is 13.2 Å². The number of hydrogen-bond donors (Lipinski definition) is 2. The van der Waals surface area contributed by atoms with Crippen LogP contribution in [0.5, 0.6) is 0 Å². The van der Waals surface area contributed by atoms with Gasteiger partial charge in [-0.3, -0.25) is 0 Å². The summed E-state index contributed by atoms with van der Waals surface area (Å²) in [5.41, 5.74) is 0.796. The second kappa shape index (κ2) is 4.84. The zero-order chi connectivity index (χ0) is 10.8. The summed E-state index contributed by atoms with van der Waals surface area (Å²) in [4.78, 5) is 0. The highest BCUT2D eigenvalue weighted by molar-refractivity contribution is 8.00. The van der Waals surface area contributed by atoms with Gasteiger partial charge in [0.15, 0.2) is 0 Å². The number of piperidine rings is 1. The van der Waals surface area contributed by atoms with Crippen molar-refractivity contribution in [2.24, 2.45) is 17.3 Å². The van der Waals surface area contributed by atoms with Crippen molar-refractivity contribution in [1.29, 1.82) is 0 Å². The Morgan fingerprint density at radius 3 is 2.00 bits per heavy atom. The largest absolute Gasteiger partial charge is 0.381 e. The predicted molar refractivity (Wildman–Crippen MR) is 67.9 cm³/mol. The van der Waals surface area contributed by atoms with E-state index in [4.69, 9.17) is 4.74 Å². The molecule has 2 N–H and O–H groups in total. The van der Waals surface area contributed by atoms with Crippen molar-refractivity contribution < 1.29 is 4.74 Å². The molecule has 2 atom stereocenters. The van der Waals surface area contributed by atoms with Crippen molar-refractivity contribution in [3.63, 3.8) is 0 Å². The average molecular weight is 242 g/mol. The lowest BCUT2D eigenvalue weighted by Gasteiger charge is -2.49. The molecule has 4 aliphatic rings. The summed E-state index contributed by atoms with van der Waals surface area (Å²) in [6.45, 7) is 6.92. The lowest BCUT2D eigenvalue weighted by Crippen LogP contribution is -2.60. The van der Waals surface area contributed by atoms with E-state index in [1.54, 1.807) is 0 Å². The van der Waals surface area contributed by atoms with Gasteiger partial charge in [-0.1, -0.05) is 0 Å². The maximum absolute atomic E-state index is 5.40. The molecule has 0 radical (unpaired) electrons. The number of fused-ring (bicyclic) bond motifs is 2. The molecule has 2 bridgehead atoms. The molecule has 0 aromatic carbocycles. The Hall–Kier alpha value is 0.230. The van der Waals surface area contributed by atoms with Crippen molar-refractivity contribution in [3.8, 4) is 0 Å². The molecule has 4 rings (SSSR count). The van der Waals surface area contributed by atoms with E-state index in [0.29, 0.717) is 0 Å². The number of hydrogen-bond acceptors (Lipinski definition) is 4. The summed E-state index contributed by atoms with van der Waals surface area (Å²) >= 11 is 2.08. The van der Waals surface area contributed by atoms with Crippen molar-refractivity contribution in [3.05, 3.63) is 0 Å². The molecule has 4 fully saturated rings. The van der Waals surface area contributed by atoms with Crippen molar-refractivity contribution in [2.75, 3.05) is 50.9 Å². The van der Waals surface area contributed by atoms with Crippen LogP contribution in [-0.4, -0.2) is 50.9 Å². The molecule has 3 nitrogen and oxygen atoms in total. The Labute approximate surface area is 102 Å². The zero-order valence-electron chi connectivity index (χ0n) is 9.84. The minimum atomic E-state index is 0.796. The van der Waals surface area contributed by atoms with E-state index >= 15 is 0 Å². The van der Waals surface area contributed by atoms with Gasteiger partial charge in [0.2, 0.25) is 0 Å². The fourth-order valence-electron chi connectivity index (χ4n) is 2.86. The average Bonchev–Trinajstić information content (AvgIpc) is 2.14. The van der Waals surface area contributed by atoms with Gasteiger partial charge in [-0.2, -0.15) is 11.8 Å². The Morgan fingerprint density at radius 1 is 1.00 bits per heavy atom. The minimum absolute atomic E-state index is 0.796. The van der Waals surface area contributed by atoms with E-state index in [0.717, 1.165) is 30.5 Å². The van der Waals surface area contributed by atoms with Crippen LogP contribution in [0.1, 0.15) is 6.42 Å². The van der Waals surface area contributed by atoms with Crippen molar-refractivity contribution in [2.45, 2.75) is 6.42 Å². The lowest BCUT2D eigenvalue weighted by atomic mass is 9.85. The second-order valence-electron chi connectivity index (χ2n) is 5.76. The molecule has 0 aromatic heterocycles. The summed E-state index contributed by atoms with van der Waals surface area (Å²) in [5, 5.41) is 6.70. The monoisotopic (exact) mass is 242 g/mol. The van der Waals surface area contributed by atoms with Crippen LogP contribution in [0.4, 0.5) is 0 Å². The Balaban J connectivity index is 0.000000104. The second-order valence-corrected chi connectivity index (χ2v) is 6.75. The topological polar surface area (TPSA) is 33.3 Å². The summed E-state index contributed by atoms with van der Waals surface area (Å²) in [5.74, 6) is 4.47. The van der Waals surface area contributed by atoms with Crippen molar-refractivity contribution in [1.82, 2.24) is 10.6 Å². The standard InChI is InChI=1S/C7H13NO.C5H9NS/c1-6-2-8-3-7(1)5-9-4-6;1-5(2-6-1)3-7-4-5/h6-8H,1-5H2;6H,1-4H2. The molecule has 0 amide bonds. The highest BCUT2D eigenvalue weighted by atomic mass is 32.2. The lowest BCUT2D eigenvalue weighted by molar-refractivity contribution is -0.00121.